The van der Waals surface area contributed by atoms with Crippen LogP contribution in [0.15, 0.2) is 170 Å². The Kier molecular flexibility index (Phi) is 9.22. The molecule has 0 bridgehead atoms. The van der Waals surface area contributed by atoms with E-state index >= 15 is 0 Å². The standard InChI is InChI=1S/C53H34O2/c1-3-11-38(12-4-1)19-21-40-23-27-42(28-24-40)31-33-46-35-44-15-7-9-17-48(44)50-51-49-18-10-8-16-45(49)36-47(53(51)55-37-54-52(46)50)34-32-43-29-25-41(26-30-43)22-20-39-13-5-2-6-14-39/h1-18,23-36H,37H2/b33-31-,34-32-. The first-order valence-electron chi connectivity index (χ1n) is 18.3. The Balaban J connectivity index is 1.09. The lowest BCUT2D eigenvalue weighted by atomic mass is 9.88. The molecular formula is C53H34O2. The van der Waals surface area contributed by atoms with Crippen LogP contribution in [0.1, 0.15) is 44.5 Å². The molecule has 0 saturated carbocycles. The van der Waals surface area contributed by atoms with Gasteiger partial charge < -0.3 is 9.47 Å². The number of rotatable bonds is 4. The summed E-state index contributed by atoms with van der Waals surface area (Å²) in [6, 6.07) is 58.2. The maximum atomic E-state index is 6.56. The monoisotopic (exact) mass is 702 g/mol. The predicted molar refractivity (Wildman–Crippen MR) is 229 cm³/mol. The second-order valence-electron chi connectivity index (χ2n) is 13.3. The Morgan fingerprint density at radius 2 is 0.727 bits per heavy atom. The number of ether oxygens (including phenoxy) is 2. The Hall–Kier alpha value is -7.52. The highest BCUT2D eigenvalue weighted by atomic mass is 16.7. The number of hydrogen-bond acceptors (Lipinski definition) is 2. The Bertz CT molecular complexity index is 2660. The number of benzene rings is 8. The van der Waals surface area contributed by atoms with Crippen molar-refractivity contribution in [2.75, 3.05) is 6.79 Å². The molecule has 1 aliphatic heterocycles. The molecule has 0 fully saturated rings. The van der Waals surface area contributed by atoms with Gasteiger partial charge in [0.2, 0.25) is 6.79 Å². The van der Waals surface area contributed by atoms with Crippen LogP contribution in [0.3, 0.4) is 0 Å². The molecule has 8 aromatic rings. The van der Waals surface area contributed by atoms with Gasteiger partial charge in [-0.1, -0.05) is 157 Å². The van der Waals surface area contributed by atoms with Gasteiger partial charge in [0.25, 0.3) is 0 Å². The maximum Gasteiger partial charge on any atom is 0.231 e. The third kappa shape index (κ3) is 7.27. The fourth-order valence-corrected chi connectivity index (χ4v) is 6.96. The lowest BCUT2D eigenvalue weighted by molar-refractivity contribution is 0.124. The summed E-state index contributed by atoms with van der Waals surface area (Å²) >= 11 is 0. The molecular weight excluding hydrogens is 669 g/mol. The van der Waals surface area contributed by atoms with Gasteiger partial charge >= 0.3 is 0 Å². The minimum absolute atomic E-state index is 0.0852. The molecule has 0 aromatic heterocycles. The van der Waals surface area contributed by atoms with Gasteiger partial charge in [-0.3, -0.25) is 0 Å². The van der Waals surface area contributed by atoms with E-state index in [1.54, 1.807) is 0 Å². The van der Waals surface area contributed by atoms with Crippen LogP contribution < -0.4 is 9.47 Å². The van der Waals surface area contributed by atoms with E-state index in [0.717, 1.165) is 88.7 Å². The van der Waals surface area contributed by atoms with Crippen molar-refractivity contribution < 1.29 is 9.47 Å². The van der Waals surface area contributed by atoms with Crippen molar-refractivity contribution in [3.05, 3.63) is 214 Å². The van der Waals surface area contributed by atoms with Gasteiger partial charge in [-0.15, -0.1) is 0 Å². The first-order valence-corrected chi connectivity index (χ1v) is 18.3. The Morgan fingerprint density at radius 1 is 0.364 bits per heavy atom. The Labute approximate surface area is 321 Å². The second-order valence-corrected chi connectivity index (χ2v) is 13.3. The predicted octanol–water partition coefficient (Wildman–Crippen LogP) is 12.5. The van der Waals surface area contributed by atoms with E-state index in [1.165, 1.54) is 0 Å². The summed E-state index contributed by atoms with van der Waals surface area (Å²) in [5.74, 6) is 14.6. The summed E-state index contributed by atoms with van der Waals surface area (Å²) in [7, 11) is 0. The van der Waals surface area contributed by atoms with Crippen LogP contribution in [-0.2, 0) is 0 Å². The molecule has 2 heteroatoms. The van der Waals surface area contributed by atoms with Crippen LogP contribution in [0.5, 0.6) is 11.5 Å². The van der Waals surface area contributed by atoms with Crippen LogP contribution in [-0.4, -0.2) is 6.79 Å². The first kappa shape index (κ1) is 33.3. The fourth-order valence-electron chi connectivity index (χ4n) is 6.96. The molecule has 0 N–H and O–H groups in total. The molecule has 0 spiro atoms. The van der Waals surface area contributed by atoms with E-state index in [2.05, 4.69) is 157 Å². The van der Waals surface area contributed by atoms with E-state index in [0.29, 0.717) is 0 Å². The lowest BCUT2D eigenvalue weighted by Gasteiger charge is -2.17. The maximum absolute atomic E-state index is 6.56. The highest BCUT2D eigenvalue weighted by Gasteiger charge is 2.26. The van der Waals surface area contributed by atoms with Crippen molar-refractivity contribution in [2.45, 2.75) is 0 Å². The van der Waals surface area contributed by atoms with Crippen molar-refractivity contribution in [2.24, 2.45) is 0 Å². The SMILES string of the molecule is C(#Cc1ccc(/C=C\c2cc3ccccc3c3c2OCOc2c(/C=C\c4ccc(C#Cc5ccccc5)cc4)cc4ccccc4c2-3)cc1)c1ccccc1. The minimum atomic E-state index is 0.0852. The minimum Gasteiger partial charge on any atom is -0.456 e. The molecule has 0 saturated heterocycles. The van der Waals surface area contributed by atoms with Crippen LogP contribution in [0.2, 0.25) is 0 Å². The zero-order valence-electron chi connectivity index (χ0n) is 30.0. The van der Waals surface area contributed by atoms with Gasteiger partial charge in [-0.25, -0.2) is 0 Å². The van der Waals surface area contributed by atoms with Crippen molar-refractivity contribution in [1.82, 2.24) is 0 Å². The van der Waals surface area contributed by atoms with Gasteiger partial charge in [-0.05, 0) is 93.3 Å². The zero-order chi connectivity index (χ0) is 36.8. The van der Waals surface area contributed by atoms with Crippen molar-refractivity contribution in [1.29, 1.82) is 0 Å². The van der Waals surface area contributed by atoms with Crippen molar-refractivity contribution >= 4 is 45.8 Å². The highest BCUT2D eigenvalue weighted by molar-refractivity contribution is 6.12. The molecule has 0 atom stereocenters. The van der Waals surface area contributed by atoms with Gasteiger partial charge in [-0.2, -0.15) is 0 Å². The second kappa shape index (κ2) is 15.2. The van der Waals surface area contributed by atoms with Crippen LogP contribution in [0, 0.1) is 23.7 Å². The molecule has 1 heterocycles. The average Bonchev–Trinajstić information content (AvgIpc) is 3.46. The van der Waals surface area contributed by atoms with E-state index in [-0.39, 0.29) is 6.79 Å². The van der Waals surface area contributed by atoms with Gasteiger partial charge in [0.15, 0.2) is 0 Å². The molecule has 9 rings (SSSR count). The summed E-state index contributed by atoms with van der Waals surface area (Å²) in [6.45, 7) is 0.0852. The summed E-state index contributed by atoms with van der Waals surface area (Å²) in [4.78, 5) is 0. The number of fused-ring (bicyclic) bond motifs is 7. The number of hydrogen-bond donors (Lipinski definition) is 0. The summed E-state index contributed by atoms with van der Waals surface area (Å²) in [5.41, 5.74) is 10.1. The van der Waals surface area contributed by atoms with Crippen molar-refractivity contribution in [3.8, 4) is 46.3 Å². The summed E-state index contributed by atoms with van der Waals surface area (Å²) in [6.07, 6.45) is 8.54. The van der Waals surface area contributed by atoms with Gasteiger partial charge in [0.1, 0.15) is 11.5 Å². The smallest absolute Gasteiger partial charge is 0.231 e. The molecule has 0 unspecified atom stereocenters. The van der Waals surface area contributed by atoms with E-state index in [9.17, 15) is 0 Å². The normalized spacial score (nSPS) is 11.8. The van der Waals surface area contributed by atoms with Crippen LogP contribution in [0.25, 0.3) is 57.0 Å². The van der Waals surface area contributed by atoms with Gasteiger partial charge in [0, 0.05) is 44.5 Å². The third-order valence-electron chi connectivity index (χ3n) is 9.70. The van der Waals surface area contributed by atoms with Gasteiger partial charge in [0.05, 0.1) is 0 Å². The summed E-state index contributed by atoms with van der Waals surface area (Å²) < 4.78 is 13.1. The lowest BCUT2D eigenvalue weighted by Crippen LogP contribution is -2.05. The Morgan fingerprint density at radius 3 is 1.15 bits per heavy atom. The topological polar surface area (TPSA) is 18.5 Å². The molecule has 8 aromatic carbocycles. The average molecular weight is 703 g/mol. The third-order valence-corrected chi connectivity index (χ3v) is 9.70. The van der Waals surface area contributed by atoms with E-state index in [1.807, 2.05) is 60.7 Å². The first-order chi connectivity index (χ1) is 27.2. The largest absolute Gasteiger partial charge is 0.456 e. The molecule has 55 heavy (non-hydrogen) atoms. The molecule has 2 nitrogen and oxygen atoms in total. The fraction of sp³-hybridized carbons (Fsp3) is 0.0189. The van der Waals surface area contributed by atoms with Crippen LogP contribution >= 0.6 is 0 Å². The molecule has 0 aliphatic carbocycles. The summed E-state index contributed by atoms with van der Waals surface area (Å²) in [5, 5.41) is 4.48. The van der Waals surface area contributed by atoms with E-state index in [4.69, 9.17) is 9.47 Å². The quantitative estimate of drug-likeness (QED) is 0.134. The molecule has 0 amide bonds. The van der Waals surface area contributed by atoms with E-state index < -0.39 is 0 Å². The highest BCUT2D eigenvalue weighted by Crippen LogP contribution is 2.50. The van der Waals surface area contributed by atoms with Crippen LogP contribution in [0.4, 0.5) is 0 Å². The zero-order valence-corrected chi connectivity index (χ0v) is 30.0. The molecule has 0 radical (unpaired) electrons. The van der Waals surface area contributed by atoms with Crippen molar-refractivity contribution in [3.63, 3.8) is 0 Å². The molecule has 258 valence electrons. The molecule has 1 aliphatic rings.